The number of rotatable bonds is 2. The Bertz CT molecular complexity index is 325. The number of amides is 1. The lowest BCUT2D eigenvalue weighted by atomic mass is 10.3. The van der Waals surface area contributed by atoms with Crippen molar-refractivity contribution in [3.05, 3.63) is 24.2 Å². The van der Waals surface area contributed by atoms with Crippen LogP contribution in [-0.4, -0.2) is 16.4 Å². The Balaban J connectivity index is 1.89. The van der Waals surface area contributed by atoms with Crippen molar-refractivity contribution >= 4 is 22.8 Å². The van der Waals surface area contributed by atoms with Gasteiger partial charge >= 0.3 is 0 Å². The highest BCUT2D eigenvalue weighted by molar-refractivity contribution is 8.14. The van der Waals surface area contributed by atoms with Crippen molar-refractivity contribution in [2.75, 3.05) is 0 Å². The number of hydrogen-bond donors (Lipinski definition) is 1. The number of thioether (sulfide) groups is 1. The van der Waals surface area contributed by atoms with Crippen molar-refractivity contribution in [2.24, 2.45) is 0 Å². The second kappa shape index (κ2) is 3.26. The molecule has 0 unspecified atom stereocenters. The fourth-order valence-electron chi connectivity index (χ4n) is 0.980. The number of nitrogens with one attached hydrogen (secondary N) is 1. The highest BCUT2D eigenvalue weighted by atomic mass is 32.2. The standard InChI is InChI=1S/C8H7NO3S/c10-6-4-7(9-6)13-8(11)5-2-1-3-12-5/h1-3,7H,4H2,(H,9,10)/t7-/m1/s1. The first-order valence-electron chi connectivity index (χ1n) is 3.79. The largest absolute Gasteiger partial charge is 0.460 e. The van der Waals surface area contributed by atoms with Crippen LogP contribution in [0.3, 0.4) is 0 Å². The van der Waals surface area contributed by atoms with Crippen LogP contribution in [0.2, 0.25) is 0 Å². The van der Waals surface area contributed by atoms with Crippen molar-refractivity contribution < 1.29 is 14.0 Å². The van der Waals surface area contributed by atoms with Crippen LogP contribution in [0.1, 0.15) is 17.0 Å². The molecule has 1 saturated heterocycles. The SMILES string of the molecule is O=C1C[C@@H](SC(=O)c2ccco2)N1. The first-order chi connectivity index (χ1) is 6.25. The van der Waals surface area contributed by atoms with Gasteiger partial charge in [-0.25, -0.2) is 0 Å². The summed E-state index contributed by atoms with van der Waals surface area (Å²) in [5.41, 5.74) is 0. The van der Waals surface area contributed by atoms with E-state index in [0.29, 0.717) is 12.2 Å². The maximum atomic E-state index is 11.3. The lowest BCUT2D eigenvalue weighted by Gasteiger charge is -2.24. The van der Waals surface area contributed by atoms with Gasteiger partial charge in [-0.1, -0.05) is 11.8 Å². The van der Waals surface area contributed by atoms with E-state index in [4.69, 9.17) is 4.42 Å². The molecule has 1 aliphatic heterocycles. The Hall–Kier alpha value is -1.23. The van der Waals surface area contributed by atoms with E-state index in [2.05, 4.69) is 5.32 Å². The predicted octanol–water partition coefficient (Wildman–Crippen LogP) is 0.999. The molecule has 2 heterocycles. The number of furan rings is 1. The number of carbonyl (C=O) groups excluding carboxylic acids is 2. The topological polar surface area (TPSA) is 59.3 Å². The molecule has 2 rings (SSSR count). The minimum atomic E-state index is -0.144. The van der Waals surface area contributed by atoms with Gasteiger partial charge in [0.2, 0.25) is 5.91 Å². The maximum absolute atomic E-state index is 11.3. The molecule has 1 amide bonds. The second-order valence-electron chi connectivity index (χ2n) is 2.64. The molecule has 0 aliphatic carbocycles. The van der Waals surface area contributed by atoms with Crippen molar-refractivity contribution in [1.82, 2.24) is 5.32 Å². The molecule has 13 heavy (non-hydrogen) atoms. The van der Waals surface area contributed by atoms with Crippen LogP contribution in [-0.2, 0) is 4.79 Å². The third-order valence-corrected chi connectivity index (χ3v) is 2.65. The Labute approximate surface area is 78.7 Å². The third kappa shape index (κ3) is 1.75. The lowest BCUT2D eigenvalue weighted by Crippen LogP contribution is -2.46. The number of hydrogen-bond acceptors (Lipinski definition) is 4. The van der Waals surface area contributed by atoms with Crippen molar-refractivity contribution in [3.63, 3.8) is 0 Å². The zero-order chi connectivity index (χ0) is 9.26. The van der Waals surface area contributed by atoms with Crippen molar-refractivity contribution in [2.45, 2.75) is 11.8 Å². The predicted molar refractivity (Wildman–Crippen MR) is 47.2 cm³/mol. The Morgan fingerprint density at radius 2 is 2.46 bits per heavy atom. The van der Waals surface area contributed by atoms with E-state index >= 15 is 0 Å². The van der Waals surface area contributed by atoms with Gasteiger partial charge in [-0.05, 0) is 12.1 Å². The molecule has 1 N–H and O–H groups in total. The van der Waals surface area contributed by atoms with E-state index < -0.39 is 0 Å². The summed E-state index contributed by atoms with van der Waals surface area (Å²) in [7, 11) is 0. The van der Waals surface area contributed by atoms with Crippen LogP contribution < -0.4 is 5.32 Å². The van der Waals surface area contributed by atoms with Gasteiger partial charge in [0.25, 0.3) is 5.12 Å². The highest BCUT2D eigenvalue weighted by Gasteiger charge is 2.29. The molecule has 1 atom stereocenters. The molecule has 4 nitrogen and oxygen atoms in total. The quantitative estimate of drug-likeness (QED) is 0.718. The molecule has 0 spiro atoms. The van der Waals surface area contributed by atoms with Crippen LogP contribution in [0, 0.1) is 0 Å². The summed E-state index contributed by atoms with van der Waals surface area (Å²) in [6.07, 6.45) is 1.87. The Morgan fingerprint density at radius 3 is 3.00 bits per heavy atom. The van der Waals surface area contributed by atoms with Gasteiger partial charge < -0.3 is 9.73 Å². The molecule has 0 radical (unpaired) electrons. The van der Waals surface area contributed by atoms with E-state index in [1.54, 1.807) is 12.1 Å². The summed E-state index contributed by atoms with van der Waals surface area (Å²) in [6.45, 7) is 0. The van der Waals surface area contributed by atoms with Gasteiger partial charge in [-0.3, -0.25) is 9.59 Å². The van der Waals surface area contributed by atoms with Gasteiger partial charge in [0, 0.05) is 0 Å². The first kappa shape index (κ1) is 8.37. The van der Waals surface area contributed by atoms with Crippen molar-refractivity contribution in [3.8, 4) is 0 Å². The summed E-state index contributed by atoms with van der Waals surface area (Å²) in [5, 5.41) is 2.37. The third-order valence-electron chi connectivity index (χ3n) is 1.66. The summed E-state index contributed by atoms with van der Waals surface area (Å²) in [5.74, 6) is 0.316. The van der Waals surface area contributed by atoms with E-state index in [0.717, 1.165) is 11.8 Å². The van der Waals surface area contributed by atoms with E-state index in [1.807, 2.05) is 0 Å². The second-order valence-corrected chi connectivity index (χ2v) is 3.82. The van der Waals surface area contributed by atoms with Crippen LogP contribution in [0.5, 0.6) is 0 Å². The minimum absolute atomic E-state index is 0.00950. The summed E-state index contributed by atoms with van der Waals surface area (Å²) in [4.78, 5) is 21.9. The van der Waals surface area contributed by atoms with Gasteiger partial charge in [0.15, 0.2) is 5.76 Å². The minimum Gasteiger partial charge on any atom is -0.460 e. The molecule has 0 saturated carbocycles. The molecular formula is C8H7NO3S. The van der Waals surface area contributed by atoms with Gasteiger partial charge in [0.05, 0.1) is 18.1 Å². The summed E-state index contributed by atoms with van der Waals surface area (Å²) < 4.78 is 4.91. The van der Waals surface area contributed by atoms with Crippen LogP contribution >= 0.6 is 11.8 Å². The molecule has 68 valence electrons. The molecule has 5 heteroatoms. The molecular weight excluding hydrogens is 190 g/mol. The highest BCUT2D eigenvalue weighted by Crippen LogP contribution is 2.23. The van der Waals surface area contributed by atoms with Crippen molar-refractivity contribution in [1.29, 1.82) is 0 Å². The average molecular weight is 197 g/mol. The number of carbonyl (C=O) groups is 2. The Kier molecular flexibility index (Phi) is 2.10. The van der Waals surface area contributed by atoms with Gasteiger partial charge in [0.1, 0.15) is 0 Å². The molecule has 1 aliphatic rings. The van der Waals surface area contributed by atoms with Gasteiger partial charge in [-0.2, -0.15) is 0 Å². The average Bonchev–Trinajstić information content (AvgIpc) is 2.53. The van der Waals surface area contributed by atoms with E-state index in [1.165, 1.54) is 6.26 Å². The molecule has 1 fully saturated rings. The zero-order valence-electron chi connectivity index (χ0n) is 6.65. The fourth-order valence-corrected chi connectivity index (χ4v) is 1.90. The fraction of sp³-hybridized carbons (Fsp3) is 0.250. The van der Waals surface area contributed by atoms with Crippen LogP contribution in [0.4, 0.5) is 0 Å². The molecule has 1 aromatic rings. The summed E-state index contributed by atoms with van der Waals surface area (Å²) >= 11 is 1.08. The zero-order valence-corrected chi connectivity index (χ0v) is 7.47. The normalized spacial score (nSPS) is 20.6. The summed E-state index contributed by atoms with van der Waals surface area (Å²) in [6, 6.07) is 3.27. The van der Waals surface area contributed by atoms with Gasteiger partial charge in [-0.15, -0.1) is 0 Å². The smallest absolute Gasteiger partial charge is 0.256 e. The first-order valence-corrected chi connectivity index (χ1v) is 4.67. The molecule has 0 aromatic carbocycles. The van der Waals surface area contributed by atoms with Crippen LogP contribution in [0.25, 0.3) is 0 Å². The number of β-lactam (4-membered cyclic amide) rings is 1. The monoisotopic (exact) mass is 197 g/mol. The maximum Gasteiger partial charge on any atom is 0.256 e. The van der Waals surface area contributed by atoms with Crippen LogP contribution in [0.15, 0.2) is 22.8 Å². The molecule has 0 bridgehead atoms. The molecule has 1 aromatic heterocycles. The lowest BCUT2D eigenvalue weighted by molar-refractivity contribution is -0.126. The van der Waals surface area contributed by atoms with E-state index in [-0.39, 0.29) is 16.4 Å². The van der Waals surface area contributed by atoms with E-state index in [9.17, 15) is 9.59 Å². The Morgan fingerprint density at radius 1 is 1.69 bits per heavy atom.